The zero-order chi connectivity index (χ0) is 22.3. The standard InChI is InChI=1S/C20H22BrN3O6/c1-4-30-18-11-16(24(27)28)14(10-17(18)29-3)20(26)22-8-7-19(25)23-15-9-13(21)6-5-12(15)2/h5-6,9-11H,4,7-8H2,1-3H3,(H,22,26)(H,23,25). The third kappa shape index (κ3) is 5.93. The lowest BCUT2D eigenvalue weighted by Crippen LogP contribution is -2.28. The molecular weight excluding hydrogens is 458 g/mol. The average molecular weight is 480 g/mol. The molecule has 160 valence electrons. The van der Waals surface area contributed by atoms with Crippen molar-refractivity contribution in [2.45, 2.75) is 20.3 Å². The Bertz CT molecular complexity index is 964. The van der Waals surface area contributed by atoms with E-state index in [4.69, 9.17) is 9.47 Å². The Morgan fingerprint density at radius 3 is 2.57 bits per heavy atom. The molecule has 0 aliphatic carbocycles. The van der Waals surface area contributed by atoms with Crippen LogP contribution in [-0.2, 0) is 4.79 Å². The molecule has 0 saturated carbocycles. The van der Waals surface area contributed by atoms with E-state index >= 15 is 0 Å². The van der Waals surface area contributed by atoms with E-state index in [-0.39, 0.29) is 42.5 Å². The summed E-state index contributed by atoms with van der Waals surface area (Å²) in [5.74, 6) is -0.604. The first-order valence-corrected chi connectivity index (χ1v) is 9.89. The van der Waals surface area contributed by atoms with Gasteiger partial charge >= 0.3 is 0 Å². The van der Waals surface area contributed by atoms with Crippen LogP contribution in [0.25, 0.3) is 0 Å². The van der Waals surface area contributed by atoms with E-state index < -0.39 is 16.5 Å². The summed E-state index contributed by atoms with van der Waals surface area (Å²) in [5, 5.41) is 16.7. The molecule has 2 aromatic carbocycles. The third-order valence-electron chi connectivity index (χ3n) is 4.13. The summed E-state index contributed by atoms with van der Waals surface area (Å²) in [5.41, 5.74) is 0.967. The van der Waals surface area contributed by atoms with Crippen LogP contribution in [0.4, 0.5) is 11.4 Å². The number of nitrogens with zero attached hydrogens (tertiary/aromatic N) is 1. The number of rotatable bonds is 9. The van der Waals surface area contributed by atoms with Crippen LogP contribution in [0.15, 0.2) is 34.8 Å². The smallest absolute Gasteiger partial charge is 0.286 e. The zero-order valence-corrected chi connectivity index (χ0v) is 18.4. The second-order valence-electron chi connectivity index (χ2n) is 6.22. The number of anilines is 1. The molecule has 0 aliphatic heterocycles. The second kappa shape index (κ2) is 10.6. The Kier molecular flexibility index (Phi) is 8.16. The summed E-state index contributed by atoms with van der Waals surface area (Å²) in [6.07, 6.45) is -0.000342. The van der Waals surface area contributed by atoms with Gasteiger partial charge in [-0.3, -0.25) is 19.7 Å². The first-order valence-electron chi connectivity index (χ1n) is 9.10. The molecule has 0 aliphatic rings. The SMILES string of the molecule is CCOc1cc([N+](=O)[O-])c(C(=O)NCCC(=O)Nc2cc(Br)ccc2C)cc1OC. The molecule has 0 saturated heterocycles. The second-order valence-corrected chi connectivity index (χ2v) is 7.14. The minimum absolute atomic E-state index is 0.000342. The highest BCUT2D eigenvalue weighted by atomic mass is 79.9. The molecular formula is C20H22BrN3O6. The molecule has 2 N–H and O–H groups in total. The van der Waals surface area contributed by atoms with Crippen LogP contribution in [0.1, 0.15) is 29.3 Å². The summed E-state index contributed by atoms with van der Waals surface area (Å²) in [7, 11) is 1.37. The van der Waals surface area contributed by atoms with Gasteiger partial charge < -0.3 is 20.1 Å². The Morgan fingerprint density at radius 1 is 1.20 bits per heavy atom. The molecule has 2 aromatic rings. The summed E-state index contributed by atoms with van der Waals surface area (Å²) in [6.45, 7) is 3.88. The largest absolute Gasteiger partial charge is 0.493 e. The molecule has 0 unspecified atom stereocenters. The highest BCUT2D eigenvalue weighted by Crippen LogP contribution is 2.34. The first kappa shape index (κ1) is 23.1. The maximum absolute atomic E-state index is 12.5. The number of nitrogens with one attached hydrogen (secondary N) is 2. The van der Waals surface area contributed by atoms with E-state index in [1.807, 2.05) is 19.1 Å². The average Bonchev–Trinajstić information content (AvgIpc) is 2.70. The minimum Gasteiger partial charge on any atom is -0.493 e. The van der Waals surface area contributed by atoms with Crippen molar-refractivity contribution in [1.82, 2.24) is 5.32 Å². The number of aryl methyl sites for hydroxylation is 1. The summed E-state index contributed by atoms with van der Waals surface area (Å²) >= 11 is 3.35. The molecule has 0 fully saturated rings. The quantitative estimate of drug-likeness (QED) is 0.416. The highest BCUT2D eigenvalue weighted by molar-refractivity contribution is 9.10. The van der Waals surface area contributed by atoms with E-state index in [0.29, 0.717) is 5.69 Å². The predicted molar refractivity (Wildman–Crippen MR) is 115 cm³/mol. The van der Waals surface area contributed by atoms with Crippen molar-refractivity contribution >= 4 is 39.1 Å². The normalized spacial score (nSPS) is 10.3. The molecule has 9 nitrogen and oxygen atoms in total. The van der Waals surface area contributed by atoms with Gasteiger partial charge in [-0.25, -0.2) is 0 Å². The van der Waals surface area contributed by atoms with Gasteiger partial charge in [0, 0.05) is 29.2 Å². The number of hydrogen-bond donors (Lipinski definition) is 2. The van der Waals surface area contributed by atoms with Crippen LogP contribution in [0.3, 0.4) is 0 Å². The number of amides is 2. The van der Waals surface area contributed by atoms with Crippen molar-refractivity contribution in [3.63, 3.8) is 0 Å². The number of carbonyl (C=O) groups excluding carboxylic acids is 2. The lowest BCUT2D eigenvalue weighted by Gasteiger charge is -2.12. The molecule has 0 radical (unpaired) electrons. The summed E-state index contributed by atoms with van der Waals surface area (Å²) in [6, 6.07) is 7.91. The number of methoxy groups -OCH3 is 1. The van der Waals surface area contributed by atoms with Gasteiger partial charge in [0.05, 0.1) is 24.7 Å². The fourth-order valence-electron chi connectivity index (χ4n) is 2.64. The van der Waals surface area contributed by atoms with Gasteiger partial charge in [0.25, 0.3) is 11.6 Å². The van der Waals surface area contributed by atoms with E-state index in [1.54, 1.807) is 13.0 Å². The van der Waals surface area contributed by atoms with E-state index in [2.05, 4.69) is 26.6 Å². The Hall–Kier alpha value is -3.14. The van der Waals surface area contributed by atoms with E-state index in [0.717, 1.165) is 16.1 Å². The Morgan fingerprint density at radius 2 is 1.93 bits per heavy atom. The van der Waals surface area contributed by atoms with Crippen LogP contribution in [0.2, 0.25) is 0 Å². The van der Waals surface area contributed by atoms with Crippen LogP contribution in [0.5, 0.6) is 11.5 Å². The van der Waals surface area contributed by atoms with Gasteiger partial charge in [-0.15, -0.1) is 0 Å². The van der Waals surface area contributed by atoms with Gasteiger partial charge in [0.1, 0.15) is 5.56 Å². The maximum atomic E-state index is 12.5. The van der Waals surface area contributed by atoms with Crippen molar-refractivity contribution < 1.29 is 24.0 Å². The fraction of sp³-hybridized carbons (Fsp3) is 0.300. The molecule has 0 spiro atoms. The third-order valence-corrected chi connectivity index (χ3v) is 4.63. The number of carbonyl (C=O) groups is 2. The van der Waals surface area contributed by atoms with Gasteiger partial charge in [-0.05, 0) is 31.5 Å². The van der Waals surface area contributed by atoms with Gasteiger partial charge in [0.2, 0.25) is 5.91 Å². The number of ether oxygens (including phenoxy) is 2. The number of nitro groups is 1. The van der Waals surface area contributed by atoms with Crippen molar-refractivity contribution in [3.8, 4) is 11.5 Å². The summed E-state index contributed by atoms with van der Waals surface area (Å²) in [4.78, 5) is 35.4. The van der Waals surface area contributed by atoms with Crippen molar-refractivity contribution in [2.75, 3.05) is 25.6 Å². The van der Waals surface area contributed by atoms with Crippen LogP contribution < -0.4 is 20.1 Å². The van der Waals surface area contributed by atoms with Gasteiger partial charge in [0.15, 0.2) is 11.5 Å². The minimum atomic E-state index is -0.686. The maximum Gasteiger partial charge on any atom is 0.286 e. The monoisotopic (exact) mass is 479 g/mol. The lowest BCUT2D eigenvalue weighted by molar-refractivity contribution is -0.385. The summed E-state index contributed by atoms with van der Waals surface area (Å²) < 4.78 is 11.3. The van der Waals surface area contributed by atoms with Crippen LogP contribution in [-0.4, -0.2) is 37.0 Å². The molecule has 0 bridgehead atoms. The highest BCUT2D eigenvalue weighted by Gasteiger charge is 2.24. The number of benzene rings is 2. The molecule has 0 atom stereocenters. The van der Waals surface area contributed by atoms with Gasteiger partial charge in [-0.2, -0.15) is 0 Å². The number of halogens is 1. The van der Waals surface area contributed by atoms with E-state index in [9.17, 15) is 19.7 Å². The van der Waals surface area contributed by atoms with Crippen LogP contribution in [0, 0.1) is 17.0 Å². The molecule has 10 heteroatoms. The Labute approximate surface area is 182 Å². The molecule has 2 amide bonds. The number of hydrogen-bond acceptors (Lipinski definition) is 6. The van der Waals surface area contributed by atoms with Crippen LogP contribution >= 0.6 is 15.9 Å². The molecule has 0 heterocycles. The number of nitro benzene ring substituents is 1. The van der Waals surface area contributed by atoms with Crippen molar-refractivity contribution in [2.24, 2.45) is 0 Å². The van der Waals surface area contributed by atoms with Gasteiger partial charge in [-0.1, -0.05) is 22.0 Å². The topological polar surface area (TPSA) is 120 Å². The first-order chi connectivity index (χ1) is 14.3. The van der Waals surface area contributed by atoms with Crippen molar-refractivity contribution in [1.29, 1.82) is 0 Å². The fourth-order valence-corrected chi connectivity index (χ4v) is 3.00. The molecule has 0 aromatic heterocycles. The lowest BCUT2D eigenvalue weighted by atomic mass is 10.1. The van der Waals surface area contributed by atoms with E-state index in [1.165, 1.54) is 13.2 Å². The zero-order valence-electron chi connectivity index (χ0n) is 16.8. The molecule has 30 heavy (non-hydrogen) atoms. The predicted octanol–water partition coefficient (Wildman–Crippen LogP) is 3.83. The van der Waals surface area contributed by atoms with Crippen molar-refractivity contribution in [3.05, 3.63) is 56.0 Å². The Balaban J connectivity index is 2.05. The molecule has 2 rings (SSSR count).